The van der Waals surface area contributed by atoms with Crippen LogP contribution in [0.4, 0.5) is 0 Å². The van der Waals surface area contributed by atoms with Crippen molar-refractivity contribution < 1.29 is 23.8 Å². The molecule has 1 atom stereocenters. The van der Waals surface area contributed by atoms with Crippen molar-refractivity contribution in [1.29, 1.82) is 5.26 Å². The maximum atomic E-state index is 13.6. The lowest BCUT2D eigenvalue weighted by Crippen LogP contribution is -2.32. The second-order valence-corrected chi connectivity index (χ2v) is 10.0. The number of methoxy groups -OCH3 is 1. The molecule has 1 fully saturated rings. The van der Waals surface area contributed by atoms with Crippen LogP contribution in [0.3, 0.4) is 0 Å². The minimum Gasteiger partial charge on any atom is -0.495 e. The predicted octanol–water partition coefficient (Wildman–Crippen LogP) is 5.54. The summed E-state index contributed by atoms with van der Waals surface area (Å²) in [6.07, 6.45) is 5.17. The predicted molar refractivity (Wildman–Crippen MR) is 151 cm³/mol. The second kappa shape index (κ2) is 13.4. The Morgan fingerprint density at radius 1 is 1.12 bits per heavy atom. The molecule has 4 rings (SSSR count). The van der Waals surface area contributed by atoms with Crippen molar-refractivity contribution in [2.45, 2.75) is 51.2 Å². The maximum Gasteiger partial charge on any atom is 0.338 e. The Morgan fingerprint density at radius 3 is 2.50 bits per heavy atom. The summed E-state index contributed by atoms with van der Waals surface area (Å²) in [5.41, 5.74) is 1.91. The van der Waals surface area contributed by atoms with Crippen molar-refractivity contribution in [1.82, 2.24) is 4.57 Å². The average Bonchev–Trinajstić information content (AvgIpc) is 2.92. The van der Waals surface area contributed by atoms with Gasteiger partial charge in [0.25, 0.3) is 5.56 Å². The second-order valence-electron chi connectivity index (χ2n) is 9.59. The van der Waals surface area contributed by atoms with Gasteiger partial charge in [-0.1, -0.05) is 23.7 Å². The maximum absolute atomic E-state index is 13.6. The van der Waals surface area contributed by atoms with Crippen molar-refractivity contribution >= 4 is 23.4 Å². The molecule has 208 valence electrons. The molecule has 0 N–H and O–H groups in total. The summed E-state index contributed by atoms with van der Waals surface area (Å²) in [4.78, 5) is 39.1. The fourth-order valence-corrected chi connectivity index (χ4v) is 4.79. The van der Waals surface area contributed by atoms with Crippen LogP contribution in [-0.4, -0.2) is 42.7 Å². The Bertz CT molecular complexity index is 1470. The van der Waals surface area contributed by atoms with Gasteiger partial charge in [0.2, 0.25) is 0 Å². The number of esters is 1. The van der Waals surface area contributed by atoms with E-state index in [0.29, 0.717) is 51.6 Å². The first-order valence-corrected chi connectivity index (χ1v) is 13.6. The number of nitriles is 1. The molecule has 9 heteroatoms. The van der Waals surface area contributed by atoms with Crippen molar-refractivity contribution in [2.24, 2.45) is 0 Å². The monoisotopic (exact) mass is 562 g/mol. The summed E-state index contributed by atoms with van der Waals surface area (Å²) in [6.45, 7) is 2.34. The number of rotatable bonds is 12. The van der Waals surface area contributed by atoms with Crippen LogP contribution in [0.15, 0.2) is 59.5 Å². The molecule has 0 saturated heterocycles. The summed E-state index contributed by atoms with van der Waals surface area (Å²) < 4.78 is 17.9. The van der Waals surface area contributed by atoms with E-state index in [2.05, 4.69) is 6.07 Å². The summed E-state index contributed by atoms with van der Waals surface area (Å²) in [7, 11) is 1.46. The number of carbonyl (C=O) groups excluding carboxylic acids is 2. The van der Waals surface area contributed by atoms with Gasteiger partial charge < -0.3 is 18.8 Å². The Hall–Kier alpha value is -3.93. The van der Waals surface area contributed by atoms with Crippen molar-refractivity contribution in [3.63, 3.8) is 0 Å². The third-order valence-electron chi connectivity index (χ3n) is 7.00. The third kappa shape index (κ3) is 6.79. The van der Waals surface area contributed by atoms with Crippen molar-refractivity contribution in [2.75, 3.05) is 20.3 Å². The van der Waals surface area contributed by atoms with Crippen LogP contribution < -0.4 is 10.3 Å². The lowest BCUT2D eigenvalue weighted by molar-refractivity contribution is -0.122. The Labute approximate surface area is 238 Å². The molecule has 0 radical (unpaired) electrons. The van der Waals surface area contributed by atoms with Gasteiger partial charge in [-0.15, -0.1) is 0 Å². The third-order valence-corrected chi connectivity index (χ3v) is 7.24. The van der Waals surface area contributed by atoms with E-state index in [1.54, 1.807) is 49.4 Å². The lowest BCUT2D eigenvalue weighted by Gasteiger charge is -2.27. The van der Waals surface area contributed by atoms with Crippen LogP contribution in [0.25, 0.3) is 11.1 Å². The van der Waals surface area contributed by atoms with E-state index < -0.39 is 17.6 Å². The van der Waals surface area contributed by atoms with E-state index in [1.807, 2.05) is 0 Å². The van der Waals surface area contributed by atoms with E-state index in [1.165, 1.54) is 23.9 Å². The van der Waals surface area contributed by atoms with Gasteiger partial charge in [0, 0.05) is 35.2 Å². The highest BCUT2D eigenvalue weighted by Crippen LogP contribution is 2.34. The molecule has 40 heavy (non-hydrogen) atoms. The molecule has 1 saturated carbocycles. The Balaban J connectivity index is 1.65. The van der Waals surface area contributed by atoms with Gasteiger partial charge in [0.05, 0.1) is 49.3 Å². The lowest BCUT2D eigenvalue weighted by atomic mass is 9.96. The number of carbonyl (C=O) groups is 2. The van der Waals surface area contributed by atoms with E-state index in [9.17, 15) is 19.6 Å². The molecule has 0 amide bonds. The van der Waals surface area contributed by atoms with Gasteiger partial charge in [0.15, 0.2) is 5.78 Å². The highest BCUT2D eigenvalue weighted by Gasteiger charge is 2.26. The molecule has 1 aromatic heterocycles. The molecule has 1 aliphatic rings. The number of hydrogen-bond acceptors (Lipinski definition) is 7. The molecular weight excluding hydrogens is 532 g/mol. The van der Waals surface area contributed by atoms with Crippen LogP contribution in [0, 0.1) is 11.3 Å². The molecular formula is C31H31ClN2O6. The molecule has 2 aromatic carbocycles. The number of halogens is 1. The first-order chi connectivity index (χ1) is 19.3. The van der Waals surface area contributed by atoms with Crippen LogP contribution in [0.5, 0.6) is 5.75 Å². The number of pyridine rings is 1. The SMILES string of the molecule is CCOC(=O)c1ccc(CC(=O)C(CCOC2CCC2)n2cc(OC)c(-c3cc(Cl)ccc3C#N)cc2=O)cc1. The number of hydrogen-bond donors (Lipinski definition) is 0. The quantitative estimate of drug-likeness (QED) is 0.267. The van der Waals surface area contributed by atoms with Crippen LogP contribution in [-0.2, 0) is 20.7 Å². The van der Waals surface area contributed by atoms with Crippen LogP contribution in [0.1, 0.15) is 60.1 Å². The van der Waals surface area contributed by atoms with Gasteiger partial charge in [0.1, 0.15) is 5.75 Å². The zero-order valence-corrected chi connectivity index (χ0v) is 23.3. The normalized spacial score (nSPS) is 13.7. The van der Waals surface area contributed by atoms with Crippen LogP contribution >= 0.6 is 11.6 Å². The molecule has 3 aromatic rings. The number of Topliss-reactive ketones (excluding diaryl/α,β-unsaturated/α-hetero) is 1. The number of aromatic nitrogens is 1. The average molecular weight is 563 g/mol. The molecule has 0 bridgehead atoms. The summed E-state index contributed by atoms with van der Waals surface area (Å²) >= 11 is 6.18. The van der Waals surface area contributed by atoms with Crippen LogP contribution in [0.2, 0.25) is 5.02 Å². The standard InChI is InChI=1S/C31H31ClN2O6/c1-3-39-31(37)21-9-7-20(8-10-21)15-28(35)27(13-14-40-24-5-4-6-24)34-19-29(38-2)26(17-30(34)36)25-16-23(32)12-11-22(25)18-33/h7-12,16-17,19,24,27H,3-6,13-15H2,1-2H3. The highest BCUT2D eigenvalue weighted by atomic mass is 35.5. The van der Waals surface area contributed by atoms with E-state index >= 15 is 0 Å². The van der Waals surface area contributed by atoms with E-state index in [0.717, 1.165) is 19.3 Å². The molecule has 1 heterocycles. The largest absolute Gasteiger partial charge is 0.495 e. The fourth-order valence-electron chi connectivity index (χ4n) is 4.61. The number of benzene rings is 2. The minimum absolute atomic E-state index is 0.0561. The van der Waals surface area contributed by atoms with Crippen molar-refractivity contribution in [3.05, 3.63) is 86.8 Å². The topological polar surface area (TPSA) is 108 Å². The Kier molecular flexibility index (Phi) is 9.75. The first kappa shape index (κ1) is 29.1. The number of ketones is 1. The molecule has 1 aliphatic carbocycles. The fraction of sp³-hybridized carbons (Fsp3) is 0.355. The van der Waals surface area contributed by atoms with Crippen molar-refractivity contribution in [3.8, 4) is 22.9 Å². The van der Waals surface area contributed by atoms with Gasteiger partial charge in [-0.3, -0.25) is 9.59 Å². The minimum atomic E-state index is -0.810. The summed E-state index contributed by atoms with van der Waals surface area (Å²) in [6, 6.07) is 14.1. The molecule has 1 unspecified atom stereocenters. The molecule has 0 spiro atoms. The zero-order valence-electron chi connectivity index (χ0n) is 22.5. The van der Waals surface area contributed by atoms with Gasteiger partial charge >= 0.3 is 5.97 Å². The highest BCUT2D eigenvalue weighted by molar-refractivity contribution is 6.31. The van der Waals surface area contributed by atoms with Gasteiger partial charge in [-0.05, 0) is 68.5 Å². The van der Waals surface area contributed by atoms with Gasteiger partial charge in [-0.2, -0.15) is 5.26 Å². The molecule has 0 aliphatic heterocycles. The Morgan fingerprint density at radius 2 is 1.88 bits per heavy atom. The van der Waals surface area contributed by atoms with Gasteiger partial charge in [-0.25, -0.2) is 4.79 Å². The molecule has 8 nitrogen and oxygen atoms in total. The van der Waals surface area contributed by atoms with E-state index in [4.69, 9.17) is 25.8 Å². The summed E-state index contributed by atoms with van der Waals surface area (Å²) in [5, 5.41) is 10.0. The summed E-state index contributed by atoms with van der Waals surface area (Å²) in [5.74, 6) is -0.280. The number of ether oxygens (including phenoxy) is 3. The first-order valence-electron chi connectivity index (χ1n) is 13.2. The zero-order chi connectivity index (χ0) is 28.6. The van der Waals surface area contributed by atoms with E-state index in [-0.39, 0.29) is 24.9 Å². The number of nitrogens with zero attached hydrogens (tertiary/aromatic N) is 2. The smallest absolute Gasteiger partial charge is 0.338 e.